The van der Waals surface area contributed by atoms with Crippen LogP contribution in [0, 0.1) is 0 Å². The lowest BCUT2D eigenvalue weighted by atomic mass is 9.79. The number of para-hydroxylation sites is 6. The zero-order chi connectivity index (χ0) is 77.4. The molecule has 4 aromatic heterocycles. The summed E-state index contributed by atoms with van der Waals surface area (Å²) in [6, 6.07) is 92.4. The van der Waals surface area contributed by atoms with E-state index in [0.29, 0.717) is 11.1 Å². The molecular formula is C100H86N4O5S2. The molecule has 0 saturated carbocycles. The average molecular weight is 1490 g/mol. The first-order chi connectivity index (χ1) is 53.2. The molecule has 0 radical (unpaired) electrons. The summed E-state index contributed by atoms with van der Waals surface area (Å²) in [4.78, 5) is 26.6. The summed E-state index contributed by atoms with van der Waals surface area (Å²) < 4.78 is 15.2. The van der Waals surface area contributed by atoms with Gasteiger partial charge in [-0.05, 0) is 149 Å². The quantitative estimate of drug-likeness (QED) is 0.0735. The number of hydrogen-bond acceptors (Lipinski definition) is 11. The number of carbonyl (C=O) groups is 1. The molecule has 0 unspecified atom stereocenters. The molecule has 0 fully saturated rings. The number of benzene rings is 14. The molecule has 0 aliphatic rings. The number of aromatic hydroxyl groups is 2. The molecule has 18 rings (SSSR count). The van der Waals surface area contributed by atoms with Gasteiger partial charge in [-0.1, -0.05) is 277 Å². The van der Waals surface area contributed by atoms with Crippen LogP contribution in [0.3, 0.4) is 0 Å². The molecule has 11 heteroatoms. The number of hydrogen-bond donors (Lipinski definition) is 3. The van der Waals surface area contributed by atoms with Gasteiger partial charge in [-0.3, -0.25) is 9.79 Å². The van der Waals surface area contributed by atoms with Crippen LogP contribution in [0.15, 0.2) is 281 Å². The molecule has 0 spiro atoms. The van der Waals surface area contributed by atoms with E-state index >= 15 is 0 Å². The largest absolute Gasteiger partial charge is 0.507 e. The smallest absolute Gasteiger partial charge is 0.153 e. The normalized spacial score (nSPS) is 12.3. The van der Waals surface area contributed by atoms with E-state index < -0.39 is 0 Å². The van der Waals surface area contributed by atoms with E-state index in [1.165, 1.54) is 32.7 Å². The fourth-order valence-corrected chi connectivity index (χ4v) is 17.1. The van der Waals surface area contributed by atoms with E-state index in [1.807, 2.05) is 93.6 Å². The number of anilines is 1. The van der Waals surface area contributed by atoms with Crippen LogP contribution in [-0.2, 0) is 21.7 Å². The summed E-state index contributed by atoms with van der Waals surface area (Å²) >= 11 is 3.35. The van der Waals surface area contributed by atoms with Gasteiger partial charge in [0.2, 0.25) is 0 Å². The number of aromatic nitrogens is 2. The summed E-state index contributed by atoms with van der Waals surface area (Å²) in [7, 11) is 0. The first kappa shape index (κ1) is 72.9. The van der Waals surface area contributed by atoms with Crippen LogP contribution in [-0.4, -0.2) is 32.7 Å². The lowest BCUT2D eigenvalue weighted by Gasteiger charge is -2.27. The van der Waals surface area contributed by atoms with Gasteiger partial charge in [-0.2, -0.15) is 0 Å². The van der Waals surface area contributed by atoms with Gasteiger partial charge in [0.15, 0.2) is 6.29 Å². The van der Waals surface area contributed by atoms with Crippen molar-refractivity contribution in [3.63, 3.8) is 0 Å². The Kier molecular flexibility index (Phi) is 18.8. The van der Waals surface area contributed by atoms with E-state index in [4.69, 9.17) is 29.5 Å². The molecule has 0 atom stereocenters. The maximum atomic E-state index is 11.5. The minimum absolute atomic E-state index is 0.0362. The van der Waals surface area contributed by atoms with E-state index in [0.717, 1.165) is 159 Å². The maximum Gasteiger partial charge on any atom is 0.153 e. The number of nitrogens with two attached hydrogens (primary N) is 1. The van der Waals surface area contributed by atoms with Crippen LogP contribution in [0.4, 0.5) is 11.4 Å². The molecule has 9 nitrogen and oxygen atoms in total. The summed E-state index contributed by atoms with van der Waals surface area (Å²) in [6.45, 7) is 25.4. The number of carbonyl (C=O) groups excluding carboxylic acids is 1. The van der Waals surface area contributed by atoms with Crippen molar-refractivity contribution in [2.45, 2.75) is 105 Å². The van der Waals surface area contributed by atoms with Crippen molar-refractivity contribution < 1.29 is 23.8 Å². The summed E-state index contributed by atoms with van der Waals surface area (Å²) in [6.07, 6.45) is 2.53. The first-order valence-electron chi connectivity index (χ1n) is 37.6. The van der Waals surface area contributed by atoms with E-state index in [2.05, 4.69) is 250 Å². The fraction of sp³-hybridized carbons (Fsp3) is 0.160. The van der Waals surface area contributed by atoms with Crippen molar-refractivity contribution >= 4 is 132 Å². The van der Waals surface area contributed by atoms with Crippen molar-refractivity contribution in [1.29, 1.82) is 0 Å². The molecule has 548 valence electrons. The Morgan fingerprint density at radius 3 is 1.23 bits per heavy atom. The number of thiazole rings is 2. The molecule has 0 saturated heterocycles. The second kappa shape index (κ2) is 28.6. The third-order valence-corrected chi connectivity index (χ3v) is 23.1. The van der Waals surface area contributed by atoms with E-state index in [9.17, 15) is 15.0 Å². The van der Waals surface area contributed by atoms with Gasteiger partial charge < -0.3 is 24.8 Å². The number of phenolic OH excluding ortho intramolecular Hbond substituents is 2. The number of phenols is 2. The number of nitrogen functional groups attached to an aromatic ring is 1. The van der Waals surface area contributed by atoms with Crippen LogP contribution >= 0.6 is 22.7 Å². The van der Waals surface area contributed by atoms with Crippen LogP contribution < -0.4 is 5.73 Å². The monoisotopic (exact) mass is 1490 g/mol. The van der Waals surface area contributed by atoms with Crippen molar-refractivity contribution in [3.05, 3.63) is 300 Å². The van der Waals surface area contributed by atoms with Crippen molar-refractivity contribution in [1.82, 2.24) is 9.97 Å². The zero-order valence-electron chi connectivity index (χ0n) is 64.4. The van der Waals surface area contributed by atoms with Crippen molar-refractivity contribution in [2.24, 2.45) is 4.99 Å². The molecular weight excluding hydrogens is 1400 g/mol. The molecule has 0 aliphatic carbocycles. The topological polar surface area (TPSA) is 148 Å². The summed E-state index contributed by atoms with van der Waals surface area (Å²) in [5.74, 6) is 0.382. The Hall–Kier alpha value is -12.3. The molecule has 0 bridgehead atoms. The molecule has 111 heavy (non-hydrogen) atoms. The Morgan fingerprint density at radius 1 is 0.369 bits per heavy atom. The summed E-state index contributed by atoms with van der Waals surface area (Å²) in [5.41, 5.74) is 28.4. The van der Waals surface area contributed by atoms with Gasteiger partial charge >= 0.3 is 0 Å². The molecule has 4 heterocycles. The van der Waals surface area contributed by atoms with Gasteiger partial charge in [-0.25, -0.2) is 9.97 Å². The Morgan fingerprint density at radius 2 is 0.748 bits per heavy atom. The second-order valence-corrected chi connectivity index (χ2v) is 34.9. The lowest BCUT2D eigenvalue weighted by molar-refractivity contribution is 0.112. The predicted molar refractivity (Wildman–Crippen MR) is 469 cm³/mol. The van der Waals surface area contributed by atoms with Crippen LogP contribution in [0.5, 0.6) is 11.5 Å². The highest BCUT2D eigenvalue weighted by molar-refractivity contribution is 7.22. The van der Waals surface area contributed by atoms with Gasteiger partial charge in [0.05, 0.1) is 31.7 Å². The number of aldehydes is 1. The standard InChI is InChI=1S/C50H42N2O2S.C35H22N2OS.C15H22O2/c1-49(2,3)33-25-32(46(53)41(28-33)50(4,5)6)29-51-42-23-11-9-19-39(42)48-52-45-40(38-22-14-21-37-36-18-10-12-24-43(36)54-47(37)38)26-31(27-44(45)55-48)35-20-13-16-30-15-7-8-17-34(30)35;36-30-17-5-3-13-28(30)35-37-33-29(27-16-8-15-26-25-12-4-6-18-31(25)38-34(26)27)19-22(20-32(33)39-35)24-14-7-10-21-9-1-2-11-23(21)24;1-14(2,3)11-7-10(9-16)13(17)12(8-11)15(4,5)6/h7-29,53H,1-6H3;1-20H,36H2;7-9,17H,1-6H3. The minimum Gasteiger partial charge on any atom is -0.507 e. The fourth-order valence-electron chi connectivity index (χ4n) is 15.0. The second-order valence-electron chi connectivity index (χ2n) is 32.8. The Balaban J connectivity index is 0.000000144. The Labute approximate surface area is 654 Å². The maximum absolute atomic E-state index is 11.5. The SMILES string of the molecule is CC(C)(C)c1cc(C=Nc2ccccc2-c2nc3c(-c4cccc5c4oc4ccccc45)cc(-c4cccc5ccccc45)cc3s2)c(O)c(C(C)(C)C)c1.CC(C)(C)c1cc(C=O)c(O)c(C(C)(C)C)c1.Nc1ccccc1-c1nc2c(-c3cccc4c3oc3ccccc34)cc(-c3cccc4ccccc34)cc2s1. The van der Waals surface area contributed by atoms with Gasteiger partial charge in [0, 0.05) is 83.5 Å². The van der Waals surface area contributed by atoms with Crippen molar-refractivity contribution in [3.8, 4) is 77.1 Å². The first-order valence-corrected chi connectivity index (χ1v) is 39.3. The van der Waals surface area contributed by atoms with Gasteiger partial charge in [0.25, 0.3) is 0 Å². The molecule has 4 N–H and O–H groups in total. The number of furan rings is 2. The number of nitrogens with zero attached hydrogens (tertiary/aromatic N) is 3. The van der Waals surface area contributed by atoms with Crippen LogP contribution in [0.1, 0.15) is 121 Å². The van der Waals surface area contributed by atoms with Crippen LogP contribution in [0.25, 0.3) is 152 Å². The van der Waals surface area contributed by atoms with E-state index in [-0.39, 0.29) is 33.2 Å². The van der Waals surface area contributed by atoms with Crippen molar-refractivity contribution in [2.75, 3.05) is 5.73 Å². The number of aliphatic imine (C=N–C) groups is 1. The zero-order valence-corrected chi connectivity index (χ0v) is 66.0. The molecule has 0 aliphatic heterocycles. The third-order valence-electron chi connectivity index (χ3n) is 21.0. The summed E-state index contributed by atoms with van der Waals surface area (Å²) in [5, 5.41) is 32.6. The number of rotatable bonds is 9. The van der Waals surface area contributed by atoms with Gasteiger partial charge in [0.1, 0.15) is 43.8 Å². The molecule has 14 aromatic carbocycles. The predicted octanol–water partition coefficient (Wildman–Crippen LogP) is 28.1. The van der Waals surface area contributed by atoms with Gasteiger partial charge in [-0.15, -0.1) is 22.7 Å². The molecule has 0 amide bonds. The third kappa shape index (κ3) is 14.0. The average Bonchev–Trinajstić information content (AvgIpc) is 1.61. The number of fused-ring (bicyclic) bond motifs is 10. The minimum atomic E-state index is -0.234. The molecule has 18 aromatic rings. The van der Waals surface area contributed by atoms with E-state index in [1.54, 1.807) is 35.0 Å². The van der Waals surface area contributed by atoms with Crippen LogP contribution in [0.2, 0.25) is 0 Å². The lowest BCUT2D eigenvalue weighted by Crippen LogP contribution is -2.17. The Bertz CT molecular complexity index is 6710. The highest BCUT2D eigenvalue weighted by Gasteiger charge is 2.28. The highest BCUT2D eigenvalue weighted by atomic mass is 32.1. The highest BCUT2D eigenvalue weighted by Crippen LogP contribution is 2.49.